The summed E-state index contributed by atoms with van der Waals surface area (Å²) in [6, 6.07) is 2.77. The minimum atomic E-state index is -4.66. The number of nitrogens with zero attached hydrogens (tertiary/aromatic N) is 2. The Bertz CT molecular complexity index is 916. The molecule has 27 heavy (non-hydrogen) atoms. The van der Waals surface area contributed by atoms with Crippen LogP contribution in [0.1, 0.15) is 19.4 Å². The molecule has 1 aromatic rings. The second-order valence-corrected chi connectivity index (χ2v) is 10.5. The van der Waals surface area contributed by atoms with Crippen molar-refractivity contribution in [3.05, 3.63) is 28.8 Å². The van der Waals surface area contributed by atoms with Gasteiger partial charge < -0.3 is 4.90 Å². The lowest BCUT2D eigenvalue weighted by Crippen LogP contribution is -2.38. The van der Waals surface area contributed by atoms with E-state index in [9.17, 15) is 26.4 Å². The number of amides is 1. The van der Waals surface area contributed by atoms with Crippen molar-refractivity contribution in [3.63, 3.8) is 0 Å². The van der Waals surface area contributed by atoms with Crippen molar-refractivity contribution in [1.29, 1.82) is 0 Å². The molecule has 1 aromatic carbocycles. The first-order valence-corrected chi connectivity index (χ1v) is 11.1. The molecule has 2 fully saturated rings. The molecule has 2 aliphatic rings. The molecule has 11 heteroatoms. The fourth-order valence-electron chi connectivity index (χ4n) is 2.97. The Labute approximate surface area is 163 Å². The van der Waals surface area contributed by atoms with E-state index in [0.717, 1.165) is 23.9 Å². The number of hydrogen-bond acceptors (Lipinski definition) is 4. The van der Waals surface area contributed by atoms with E-state index in [1.54, 1.807) is 13.8 Å². The van der Waals surface area contributed by atoms with Crippen molar-refractivity contribution in [2.24, 2.45) is 10.9 Å². The molecule has 0 aromatic heterocycles. The average molecular weight is 441 g/mol. The van der Waals surface area contributed by atoms with Crippen LogP contribution in [0, 0.1) is 5.92 Å². The number of hydrogen-bond donors (Lipinski definition) is 0. The number of anilines is 1. The molecule has 3 rings (SSSR count). The summed E-state index contributed by atoms with van der Waals surface area (Å²) in [4.78, 5) is 17.5. The van der Waals surface area contributed by atoms with Gasteiger partial charge in [0.2, 0.25) is 0 Å². The Morgan fingerprint density at radius 3 is 2.59 bits per heavy atom. The molecule has 2 aliphatic heterocycles. The standard InChI is InChI=1S/C16H16ClF3N2O3S2/c1-8(2)14(23)21-15-22(12-6-27(24,25)7-13(12)26-15)9-3-4-11(17)10(5-9)16(18,19)20/h3-5,8,12-13H,6-7H2,1-2H3/t12-,13+/m0/s1. The van der Waals surface area contributed by atoms with E-state index in [2.05, 4.69) is 4.99 Å². The van der Waals surface area contributed by atoms with Crippen LogP contribution in [0.25, 0.3) is 0 Å². The first-order chi connectivity index (χ1) is 12.4. The van der Waals surface area contributed by atoms with Gasteiger partial charge >= 0.3 is 6.18 Å². The number of aliphatic imine (C=N–C) groups is 1. The van der Waals surface area contributed by atoms with Gasteiger partial charge in [-0.25, -0.2) is 8.42 Å². The topological polar surface area (TPSA) is 66.8 Å². The van der Waals surface area contributed by atoms with Crippen LogP contribution >= 0.6 is 23.4 Å². The maximum absolute atomic E-state index is 13.2. The summed E-state index contributed by atoms with van der Waals surface area (Å²) in [6.45, 7) is 3.32. The predicted molar refractivity (Wildman–Crippen MR) is 100 cm³/mol. The number of benzene rings is 1. The predicted octanol–water partition coefficient (Wildman–Crippen LogP) is 3.62. The smallest absolute Gasteiger partial charge is 0.316 e. The van der Waals surface area contributed by atoms with Gasteiger partial charge in [0.1, 0.15) is 0 Å². The number of halogens is 4. The van der Waals surface area contributed by atoms with E-state index in [4.69, 9.17) is 11.6 Å². The molecule has 2 heterocycles. The number of carbonyl (C=O) groups is 1. The fourth-order valence-corrected chi connectivity index (χ4v) is 7.11. The van der Waals surface area contributed by atoms with Gasteiger partial charge in [-0.15, -0.1) is 0 Å². The number of carbonyl (C=O) groups excluding carboxylic acids is 1. The molecule has 0 unspecified atom stereocenters. The molecule has 148 valence electrons. The molecule has 0 aliphatic carbocycles. The summed E-state index contributed by atoms with van der Waals surface area (Å²) < 4.78 is 63.7. The van der Waals surface area contributed by atoms with Crippen molar-refractivity contribution in [2.45, 2.75) is 31.3 Å². The Morgan fingerprint density at radius 1 is 1.33 bits per heavy atom. The van der Waals surface area contributed by atoms with Crippen LogP contribution in [0.5, 0.6) is 0 Å². The van der Waals surface area contributed by atoms with Gasteiger partial charge in [0.25, 0.3) is 5.91 Å². The van der Waals surface area contributed by atoms with Gasteiger partial charge in [-0.05, 0) is 18.2 Å². The minimum Gasteiger partial charge on any atom is -0.316 e. The lowest BCUT2D eigenvalue weighted by molar-refractivity contribution is -0.137. The highest BCUT2D eigenvalue weighted by Gasteiger charge is 2.49. The Hall–Kier alpha value is -1.26. The van der Waals surface area contributed by atoms with E-state index >= 15 is 0 Å². The van der Waals surface area contributed by atoms with Crippen LogP contribution < -0.4 is 4.90 Å². The maximum Gasteiger partial charge on any atom is 0.417 e. The molecule has 0 saturated carbocycles. The second-order valence-electron chi connectivity index (χ2n) is 6.72. The van der Waals surface area contributed by atoms with Crippen LogP contribution in [0.3, 0.4) is 0 Å². The monoisotopic (exact) mass is 440 g/mol. The van der Waals surface area contributed by atoms with Gasteiger partial charge in [-0.1, -0.05) is 37.2 Å². The lowest BCUT2D eigenvalue weighted by Gasteiger charge is -2.25. The average Bonchev–Trinajstić information content (AvgIpc) is 2.97. The van der Waals surface area contributed by atoms with Gasteiger partial charge in [0.15, 0.2) is 15.0 Å². The first-order valence-electron chi connectivity index (χ1n) is 8.04. The summed E-state index contributed by atoms with van der Waals surface area (Å²) >= 11 is 6.79. The van der Waals surface area contributed by atoms with Gasteiger partial charge in [-0.2, -0.15) is 18.2 Å². The summed E-state index contributed by atoms with van der Waals surface area (Å²) in [7, 11) is -3.31. The summed E-state index contributed by atoms with van der Waals surface area (Å²) in [5, 5.41) is -0.627. The molecule has 0 N–H and O–H groups in total. The van der Waals surface area contributed by atoms with Gasteiger partial charge in [0, 0.05) is 16.9 Å². The highest BCUT2D eigenvalue weighted by molar-refractivity contribution is 8.16. The third kappa shape index (κ3) is 4.12. The van der Waals surface area contributed by atoms with Crippen molar-refractivity contribution >= 4 is 50.0 Å². The molecular weight excluding hydrogens is 425 g/mol. The molecule has 1 amide bonds. The quantitative estimate of drug-likeness (QED) is 0.702. The zero-order valence-electron chi connectivity index (χ0n) is 14.3. The normalized spacial score (nSPS) is 26.0. The summed E-state index contributed by atoms with van der Waals surface area (Å²) in [6.07, 6.45) is -4.66. The number of sulfone groups is 1. The molecule has 0 bridgehead atoms. The van der Waals surface area contributed by atoms with Crippen molar-refractivity contribution in [3.8, 4) is 0 Å². The van der Waals surface area contributed by atoms with E-state index in [1.165, 1.54) is 11.0 Å². The van der Waals surface area contributed by atoms with Crippen molar-refractivity contribution < 1.29 is 26.4 Å². The highest BCUT2D eigenvalue weighted by atomic mass is 35.5. The van der Waals surface area contributed by atoms with Gasteiger partial charge in [-0.3, -0.25) is 4.79 Å². The maximum atomic E-state index is 13.2. The summed E-state index contributed by atoms with van der Waals surface area (Å²) in [5.41, 5.74) is -0.912. The fraction of sp³-hybridized carbons (Fsp3) is 0.500. The van der Waals surface area contributed by atoms with Crippen LogP contribution in [0.2, 0.25) is 5.02 Å². The van der Waals surface area contributed by atoms with Crippen molar-refractivity contribution in [2.75, 3.05) is 16.4 Å². The zero-order chi connectivity index (χ0) is 20.1. The Morgan fingerprint density at radius 2 is 2.00 bits per heavy atom. The summed E-state index contributed by atoms with van der Waals surface area (Å²) in [5.74, 6) is -1.12. The van der Waals surface area contributed by atoms with E-state index in [-0.39, 0.29) is 28.3 Å². The van der Waals surface area contributed by atoms with E-state index < -0.39 is 43.8 Å². The van der Waals surface area contributed by atoms with Gasteiger partial charge in [0.05, 0.1) is 28.1 Å². The van der Waals surface area contributed by atoms with Crippen LogP contribution in [-0.2, 0) is 20.8 Å². The van der Waals surface area contributed by atoms with E-state index in [1.807, 2.05) is 0 Å². The molecule has 0 spiro atoms. The van der Waals surface area contributed by atoms with E-state index in [0.29, 0.717) is 0 Å². The molecule has 2 atom stereocenters. The van der Waals surface area contributed by atoms with Crippen LogP contribution in [-0.4, -0.2) is 42.3 Å². The zero-order valence-corrected chi connectivity index (χ0v) is 16.7. The number of alkyl halides is 3. The molecular formula is C16H16ClF3N2O3S2. The third-order valence-electron chi connectivity index (χ3n) is 4.30. The third-order valence-corrected chi connectivity index (χ3v) is 7.84. The SMILES string of the molecule is CC(C)C(=O)N=C1S[C@@H]2CS(=O)(=O)C[C@@H]2N1c1ccc(Cl)c(C(F)(F)F)c1. The second kappa shape index (κ2) is 6.97. The first kappa shape index (κ1) is 20.5. The minimum absolute atomic E-state index is 0.104. The number of thioether (sulfide) groups is 1. The number of rotatable bonds is 2. The lowest BCUT2D eigenvalue weighted by atomic mass is 10.1. The number of amidine groups is 1. The highest BCUT2D eigenvalue weighted by Crippen LogP contribution is 2.43. The van der Waals surface area contributed by atoms with Crippen LogP contribution in [0.15, 0.2) is 23.2 Å². The largest absolute Gasteiger partial charge is 0.417 e. The number of fused-ring (bicyclic) bond motifs is 1. The Balaban J connectivity index is 2.09. The molecule has 5 nitrogen and oxygen atoms in total. The van der Waals surface area contributed by atoms with Crippen LogP contribution in [0.4, 0.5) is 18.9 Å². The van der Waals surface area contributed by atoms with Crippen molar-refractivity contribution in [1.82, 2.24) is 0 Å². The Kier molecular flexibility index (Phi) is 5.28. The molecule has 2 saturated heterocycles. The molecule has 0 radical (unpaired) electrons.